The fraction of sp³-hybridized carbons (Fsp3) is 0.579. The molecule has 0 N–H and O–H groups in total. The van der Waals surface area contributed by atoms with E-state index in [1.807, 2.05) is 56.7 Å². The first-order valence-electron chi connectivity index (χ1n) is 17.2. The molecule has 5 rings (SSSR count). The predicted octanol–water partition coefficient (Wildman–Crippen LogP) is 15.6. The van der Waals surface area contributed by atoms with Crippen LogP contribution < -0.4 is 0 Å². The second-order valence-corrected chi connectivity index (χ2v) is 18.3. The molecule has 0 saturated carbocycles. The van der Waals surface area contributed by atoms with Crippen LogP contribution in [0.2, 0.25) is 0 Å². The second kappa shape index (κ2) is 17.1. The van der Waals surface area contributed by atoms with Crippen molar-refractivity contribution in [2.24, 2.45) is 0 Å². The summed E-state index contributed by atoms with van der Waals surface area (Å²) in [6, 6.07) is 9.95. The number of hydrogen-bond acceptors (Lipinski definition) is 5. The quantitative estimate of drug-likeness (QED) is 0.0724. The van der Waals surface area contributed by atoms with Gasteiger partial charge in [-0.3, -0.25) is 0 Å². The number of hydrogen-bond donors (Lipinski definition) is 0. The molecular formula is C38H52S5. The monoisotopic (exact) mass is 668 g/mol. The summed E-state index contributed by atoms with van der Waals surface area (Å²) in [7, 11) is 0. The molecular weight excluding hydrogens is 617 g/mol. The van der Waals surface area contributed by atoms with Crippen molar-refractivity contribution in [1.82, 2.24) is 0 Å². The maximum Gasteiger partial charge on any atom is 0.0636 e. The zero-order valence-corrected chi connectivity index (χ0v) is 31.2. The number of unbranched alkanes of at least 4 members (excludes halogenated alkanes) is 14. The molecule has 0 spiro atoms. The molecule has 0 bridgehead atoms. The van der Waals surface area contributed by atoms with Crippen LogP contribution in [-0.4, -0.2) is 0 Å². The molecule has 0 amide bonds. The smallest absolute Gasteiger partial charge is 0.0636 e. The molecule has 0 aliphatic heterocycles. The van der Waals surface area contributed by atoms with Crippen LogP contribution in [0.4, 0.5) is 0 Å². The molecule has 0 saturated heterocycles. The highest BCUT2D eigenvalue weighted by molar-refractivity contribution is 7.41. The van der Waals surface area contributed by atoms with E-state index in [0.717, 1.165) is 0 Å². The van der Waals surface area contributed by atoms with Gasteiger partial charge in [0.2, 0.25) is 0 Å². The summed E-state index contributed by atoms with van der Waals surface area (Å²) in [6.45, 7) is 9.19. The maximum absolute atomic E-state index is 2.50. The van der Waals surface area contributed by atoms with Gasteiger partial charge < -0.3 is 0 Å². The van der Waals surface area contributed by atoms with Crippen LogP contribution in [-0.2, 0) is 12.8 Å². The average Bonchev–Trinajstić information content (AvgIpc) is 3.79. The van der Waals surface area contributed by atoms with Gasteiger partial charge in [-0.2, -0.15) is 0 Å². The minimum absolute atomic E-state index is 1.23. The normalized spacial score (nSPS) is 12.0. The van der Waals surface area contributed by atoms with Gasteiger partial charge in [0, 0.05) is 38.7 Å². The summed E-state index contributed by atoms with van der Waals surface area (Å²) in [5.74, 6) is 0. The Morgan fingerprint density at radius 3 is 1.19 bits per heavy atom. The number of fused-ring (bicyclic) bond motifs is 3. The molecule has 43 heavy (non-hydrogen) atoms. The summed E-state index contributed by atoms with van der Waals surface area (Å²) < 4.78 is 6.01. The van der Waals surface area contributed by atoms with E-state index in [0.29, 0.717) is 0 Å². The van der Waals surface area contributed by atoms with Crippen molar-refractivity contribution < 1.29 is 0 Å². The third-order valence-electron chi connectivity index (χ3n) is 8.73. The van der Waals surface area contributed by atoms with Gasteiger partial charge in [0.05, 0.1) is 9.40 Å². The van der Waals surface area contributed by atoms with Gasteiger partial charge in [-0.05, 0) is 74.9 Å². The van der Waals surface area contributed by atoms with Gasteiger partial charge in [-0.15, -0.1) is 56.7 Å². The highest BCUT2D eigenvalue weighted by atomic mass is 32.1. The third-order valence-corrected chi connectivity index (χ3v) is 15.1. The highest BCUT2D eigenvalue weighted by Crippen LogP contribution is 2.50. The molecule has 5 aromatic rings. The Kier molecular flexibility index (Phi) is 13.3. The van der Waals surface area contributed by atoms with Gasteiger partial charge in [0.1, 0.15) is 0 Å². The lowest BCUT2D eigenvalue weighted by atomic mass is 10.0. The summed E-state index contributed by atoms with van der Waals surface area (Å²) in [4.78, 5) is 8.99. The third kappa shape index (κ3) is 9.06. The molecule has 5 aromatic heterocycles. The molecule has 0 aliphatic carbocycles. The van der Waals surface area contributed by atoms with Crippen molar-refractivity contribution in [1.29, 1.82) is 0 Å². The Labute approximate surface area is 281 Å². The van der Waals surface area contributed by atoms with Crippen LogP contribution in [0.3, 0.4) is 0 Å². The molecule has 234 valence electrons. The van der Waals surface area contributed by atoms with Gasteiger partial charge in [0.15, 0.2) is 0 Å². The topological polar surface area (TPSA) is 0 Å². The van der Waals surface area contributed by atoms with Crippen LogP contribution >= 0.6 is 56.7 Å². The first-order valence-corrected chi connectivity index (χ1v) is 21.3. The van der Waals surface area contributed by atoms with Crippen LogP contribution in [0.5, 0.6) is 0 Å². The molecule has 0 atom stereocenters. The molecule has 0 aliphatic rings. The minimum atomic E-state index is 1.23. The van der Waals surface area contributed by atoms with Crippen molar-refractivity contribution in [3.05, 3.63) is 45.1 Å². The summed E-state index contributed by atoms with van der Waals surface area (Å²) in [5.41, 5.74) is 3.18. The average molecular weight is 669 g/mol. The Morgan fingerprint density at radius 1 is 0.419 bits per heavy atom. The van der Waals surface area contributed by atoms with Crippen molar-refractivity contribution in [3.63, 3.8) is 0 Å². The second-order valence-electron chi connectivity index (χ2n) is 12.6. The Hall–Kier alpha value is -0.980. The van der Waals surface area contributed by atoms with Crippen LogP contribution in [0.15, 0.2) is 24.3 Å². The fourth-order valence-corrected chi connectivity index (χ4v) is 12.8. The first kappa shape index (κ1) is 33.4. The lowest BCUT2D eigenvalue weighted by Gasteiger charge is -2.03. The Balaban J connectivity index is 1.23. The molecule has 5 heterocycles. The lowest BCUT2D eigenvalue weighted by molar-refractivity contribution is 0.576. The first-order chi connectivity index (χ1) is 21.1. The Bertz CT molecular complexity index is 1420. The van der Waals surface area contributed by atoms with E-state index in [4.69, 9.17) is 0 Å². The minimum Gasteiger partial charge on any atom is -0.139 e. The molecule has 0 unspecified atom stereocenters. The van der Waals surface area contributed by atoms with E-state index in [1.165, 1.54) is 154 Å². The zero-order chi connectivity index (χ0) is 30.0. The number of rotatable bonds is 20. The van der Waals surface area contributed by atoms with Crippen molar-refractivity contribution in [2.45, 2.75) is 143 Å². The van der Waals surface area contributed by atoms with Crippen LogP contribution in [0.25, 0.3) is 38.3 Å². The van der Waals surface area contributed by atoms with E-state index in [1.54, 1.807) is 20.9 Å². The summed E-state index contributed by atoms with van der Waals surface area (Å²) in [6.07, 6.45) is 24.7. The standard InChI is InChI=1S/C38H52S5/c1-5-7-9-11-13-15-17-19-21-29-23-27(3)39-35(29)31-25-33-37(42-31)38-34(41-33)26-32(43-38)36-30(24-28(4)40-36)22-20-18-16-14-12-10-8-6-2/h23-26H,5-22H2,1-4H3. The predicted molar refractivity (Wildman–Crippen MR) is 204 cm³/mol. The van der Waals surface area contributed by atoms with Crippen LogP contribution in [0, 0.1) is 13.8 Å². The summed E-state index contributed by atoms with van der Waals surface area (Å²) in [5, 5.41) is 0. The van der Waals surface area contributed by atoms with Crippen molar-refractivity contribution >= 4 is 75.5 Å². The van der Waals surface area contributed by atoms with Gasteiger partial charge >= 0.3 is 0 Å². The van der Waals surface area contributed by atoms with E-state index in [2.05, 4.69) is 52.0 Å². The van der Waals surface area contributed by atoms with E-state index in [-0.39, 0.29) is 0 Å². The SMILES string of the molecule is CCCCCCCCCCc1cc(C)sc1-c1cc2sc3cc(-c4sc(C)cc4CCCCCCCCCC)sc3c2s1. The molecule has 0 aromatic carbocycles. The van der Waals surface area contributed by atoms with Gasteiger partial charge in [-0.1, -0.05) is 104 Å². The van der Waals surface area contributed by atoms with Crippen molar-refractivity contribution in [2.75, 3.05) is 0 Å². The number of aryl methyl sites for hydroxylation is 4. The van der Waals surface area contributed by atoms with E-state index in [9.17, 15) is 0 Å². The maximum atomic E-state index is 2.50. The molecule has 0 nitrogen and oxygen atoms in total. The highest BCUT2D eigenvalue weighted by Gasteiger charge is 2.19. The van der Waals surface area contributed by atoms with E-state index >= 15 is 0 Å². The molecule has 5 heteroatoms. The summed E-state index contributed by atoms with van der Waals surface area (Å²) >= 11 is 10.1. The molecule has 0 fully saturated rings. The lowest BCUT2D eigenvalue weighted by Crippen LogP contribution is -1.86. The molecule has 0 radical (unpaired) electrons. The fourth-order valence-electron chi connectivity index (χ4n) is 6.38. The van der Waals surface area contributed by atoms with Gasteiger partial charge in [-0.25, -0.2) is 0 Å². The Morgan fingerprint density at radius 2 is 0.791 bits per heavy atom. The van der Waals surface area contributed by atoms with Crippen molar-refractivity contribution in [3.8, 4) is 19.5 Å². The zero-order valence-electron chi connectivity index (χ0n) is 27.1. The largest absolute Gasteiger partial charge is 0.139 e. The van der Waals surface area contributed by atoms with E-state index < -0.39 is 0 Å². The van der Waals surface area contributed by atoms with Gasteiger partial charge in [0.25, 0.3) is 0 Å². The number of thiophene rings is 5. The van der Waals surface area contributed by atoms with Crippen LogP contribution in [0.1, 0.15) is 137 Å².